The largest absolute Gasteiger partial charge is 0.384 e. The number of nitrogens with one attached hydrogen (secondary N) is 11. The number of aromatic nitrogens is 4. The summed E-state index contributed by atoms with van der Waals surface area (Å²) in [5.74, 6) is -5.38. The molecule has 11 heterocycles. The van der Waals surface area contributed by atoms with Crippen molar-refractivity contribution in [2.24, 2.45) is 10.7 Å². The van der Waals surface area contributed by atoms with Gasteiger partial charge >= 0.3 is 0 Å². The zero-order valence-corrected chi connectivity index (χ0v) is 71.1. The number of hydrogen-bond acceptors (Lipinski definition) is 21. The Labute approximate surface area is 740 Å². The van der Waals surface area contributed by atoms with E-state index in [2.05, 4.69) is 67.5 Å². The van der Waals surface area contributed by atoms with Crippen LogP contribution in [0, 0.1) is 39.5 Å². The van der Waals surface area contributed by atoms with Crippen LogP contribution in [0.15, 0.2) is 197 Å². The lowest BCUT2D eigenvalue weighted by Crippen LogP contribution is -2.35. The minimum absolute atomic E-state index is 0.123. The van der Waals surface area contributed by atoms with Crippen molar-refractivity contribution >= 4 is 208 Å². The van der Waals surface area contributed by atoms with Gasteiger partial charge in [-0.2, -0.15) is 0 Å². The number of amides is 8. The number of pyridine rings is 4. The summed E-state index contributed by atoms with van der Waals surface area (Å²) in [6.45, 7) is 4.53. The van der Waals surface area contributed by atoms with Gasteiger partial charge in [0.25, 0.3) is 47.3 Å². The van der Waals surface area contributed by atoms with E-state index in [9.17, 15) is 55.9 Å². The van der Waals surface area contributed by atoms with Crippen LogP contribution < -0.4 is 48.3 Å². The number of anilines is 8. The van der Waals surface area contributed by atoms with Crippen molar-refractivity contribution < 1.29 is 55.9 Å². The highest BCUT2D eigenvalue weighted by atomic mass is 35.5. The maximum atomic E-state index is 14.8. The smallest absolute Gasteiger partial charge is 0.269 e. The third-order valence-electron chi connectivity index (χ3n) is 18.5. The van der Waals surface area contributed by atoms with Crippen LogP contribution in [0.2, 0.25) is 20.1 Å². The molecule has 0 radical (unpaired) electrons. The molecule has 8 amide bonds. The molecule has 0 aliphatic carbocycles. The second kappa shape index (κ2) is 42.1. The lowest BCUT2D eigenvalue weighted by molar-refractivity contribution is 0.101. The van der Waals surface area contributed by atoms with Gasteiger partial charge in [0.15, 0.2) is 0 Å². The summed E-state index contributed by atoms with van der Waals surface area (Å²) >= 11 is 27.7. The number of benzene rings is 4. The highest BCUT2D eigenvalue weighted by Gasteiger charge is 2.28. The summed E-state index contributed by atoms with van der Waals surface area (Å²) in [6.07, 6.45) is 10.8. The van der Waals surface area contributed by atoms with Gasteiger partial charge in [0.2, 0.25) is 0 Å². The first-order chi connectivity index (χ1) is 59.6. The van der Waals surface area contributed by atoms with Gasteiger partial charge in [-0.25, -0.2) is 37.5 Å². The molecule has 2 saturated heterocycles. The maximum Gasteiger partial charge on any atom is 0.269 e. The van der Waals surface area contributed by atoms with Gasteiger partial charge < -0.3 is 63.0 Å². The fourth-order valence-corrected chi connectivity index (χ4v) is 15.7. The van der Waals surface area contributed by atoms with Crippen molar-refractivity contribution in [1.82, 2.24) is 34.6 Å². The van der Waals surface area contributed by atoms with E-state index in [1.165, 1.54) is 85.5 Å². The van der Waals surface area contributed by atoms with Gasteiger partial charge in [-0.05, 0) is 175 Å². The summed E-state index contributed by atoms with van der Waals surface area (Å²) in [6, 6.07) is 35.1. The number of nitrogens with two attached hydrogens (primary N) is 1. The molecule has 634 valence electrons. The molecule has 0 atom stereocenters. The molecule has 124 heavy (non-hydrogen) atoms. The number of rotatable bonds is 20. The SMILES string of the molecule is CN1CCN=C1c1ccc(C(=O)Nc2ccsc2C(=O)Nc2ccc(Cl)cn2)c(F)c1.N=C(N)c1ccc(C(=O)Nc2ccsc2C(=O)Nc2ccc(Cl)cn2)c(F)c1.N=C(c1ccc(C(=O)Nc2ccsc2C(=O)Nc2ccc(Cl)cn2)c(F)c1)N1CCCC1.N=C(c1ccc(C(=O)Nc2ccsc2C(=O)Nc2ccc(Cl)cn2)c(F)c1)N1CCCCC1. The number of carbonyl (C=O) groups is 8. The first-order valence-corrected chi connectivity index (χ1v) is 42.4. The summed E-state index contributed by atoms with van der Waals surface area (Å²) in [5, 5.41) is 53.0. The number of likely N-dealkylation sites (tertiary alicyclic amines) is 2. The second-order valence-corrected chi connectivity index (χ2v) is 32.4. The molecule has 0 spiro atoms. The quantitative estimate of drug-likeness (QED) is 0.0192. The van der Waals surface area contributed by atoms with E-state index >= 15 is 0 Å². The topological polar surface area (TPSA) is 404 Å². The van der Waals surface area contributed by atoms with E-state index in [0.29, 0.717) is 72.4 Å². The third-order valence-corrected chi connectivity index (χ3v) is 23.0. The van der Waals surface area contributed by atoms with Crippen molar-refractivity contribution in [3.8, 4) is 0 Å². The number of halogens is 8. The standard InChI is InChI=1S/C23H21ClFN5O2S.C22H19ClFN5O2S.C21H17ClFN5O2S.C18H13ClFN5O2S/c24-15-5-7-19(27-13-15)29-23(32)20-18(8-11-33-20)28-22(31)16-6-4-14(12-17(16)25)21(26)30-9-2-1-3-10-30;23-14-4-6-18(26-12-14)28-22(31)19-17(7-10-32-19)27-21(30)15-5-3-13(11-16(15)24)20(25)29-8-1-2-9-29;1-28-8-7-24-19(28)12-2-4-14(15(23)10-12)20(29)26-16-6-9-31-18(16)21(30)27-17-5-3-13(22)11-25-17;19-10-2-4-14(23-8-10)25-18(27)15-13(5-6-28-15)24-17(26)11-3-1-9(16(21)22)7-12(11)20/h4-8,11-13,26H,1-3,9-10H2,(H,28,31)(H,27,29,32);3-7,10-12,25H,1-2,8-9H2,(H,27,30)(H,26,28,31);2-6,9-11H,7-8H2,1H3,(H,26,29)(H,25,27,30);1-8H,(H3,21,22)(H,24,26)(H,23,25,27). The highest BCUT2D eigenvalue weighted by molar-refractivity contribution is 7.14. The van der Waals surface area contributed by atoms with Crippen LogP contribution in [-0.2, 0) is 0 Å². The normalized spacial score (nSPS) is 12.6. The molecule has 40 heteroatoms. The van der Waals surface area contributed by atoms with Crippen LogP contribution in [0.5, 0.6) is 0 Å². The predicted octanol–water partition coefficient (Wildman–Crippen LogP) is 18.0. The predicted molar refractivity (Wildman–Crippen MR) is 478 cm³/mol. The van der Waals surface area contributed by atoms with E-state index in [4.69, 9.17) is 68.4 Å². The molecule has 0 unspecified atom stereocenters. The average molecular weight is 1830 g/mol. The minimum atomic E-state index is -0.822. The van der Waals surface area contributed by atoms with Crippen LogP contribution >= 0.6 is 91.8 Å². The summed E-state index contributed by atoms with van der Waals surface area (Å²) in [5.41, 5.74) is 7.29. The van der Waals surface area contributed by atoms with Crippen LogP contribution in [-0.4, -0.2) is 152 Å². The van der Waals surface area contributed by atoms with Gasteiger partial charge in [0.1, 0.15) is 89.4 Å². The molecule has 8 aromatic heterocycles. The number of carbonyl (C=O) groups excluding carboxylic acids is 8. The first kappa shape index (κ1) is 90.0. The van der Waals surface area contributed by atoms with Crippen molar-refractivity contribution in [3.63, 3.8) is 0 Å². The van der Waals surface area contributed by atoms with Crippen LogP contribution in [0.1, 0.15) is 134 Å². The third kappa shape index (κ3) is 23.5. The zero-order valence-electron chi connectivity index (χ0n) is 64.8. The monoisotopic (exact) mass is 1830 g/mol. The van der Waals surface area contributed by atoms with Gasteiger partial charge in [-0.15, -0.1) is 45.3 Å². The Morgan fingerprint density at radius 1 is 0.363 bits per heavy atom. The van der Waals surface area contributed by atoms with Gasteiger partial charge in [0.05, 0.1) is 71.6 Å². The Kier molecular flexibility index (Phi) is 30.5. The molecule has 3 aliphatic rings. The Hall–Kier alpha value is -13.2. The molecule has 4 aromatic carbocycles. The maximum absolute atomic E-state index is 14.8. The summed E-state index contributed by atoms with van der Waals surface area (Å²) in [4.78, 5) is 128. The Bertz CT molecular complexity index is 6070. The highest BCUT2D eigenvalue weighted by Crippen LogP contribution is 2.32. The first-order valence-electron chi connectivity index (χ1n) is 37.3. The van der Waals surface area contributed by atoms with E-state index in [0.717, 1.165) is 116 Å². The lowest BCUT2D eigenvalue weighted by Gasteiger charge is -2.29. The molecule has 15 rings (SSSR count). The molecular weight excluding hydrogens is 1760 g/mol. The van der Waals surface area contributed by atoms with E-state index < -0.39 is 70.5 Å². The number of thiophene rings is 4. The number of likely N-dealkylation sites (N-methyl/N-ethyl adjacent to an activating group) is 1. The number of aliphatic imine (C=N–C) groups is 1. The van der Waals surface area contributed by atoms with Crippen molar-refractivity contribution in [3.05, 3.63) is 299 Å². The van der Waals surface area contributed by atoms with E-state index in [1.54, 1.807) is 100 Å². The van der Waals surface area contributed by atoms with E-state index in [1.807, 2.05) is 21.7 Å². The number of hydrogen-bond donors (Lipinski definition) is 12. The number of amidine groups is 4. The Morgan fingerprint density at radius 3 is 0.927 bits per heavy atom. The van der Waals surface area contributed by atoms with E-state index in [-0.39, 0.29) is 87.6 Å². The molecule has 0 saturated carbocycles. The molecule has 2 fully saturated rings. The Balaban J connectivity index is 0.000000151. The summed E-state index contributed by atoms with van der Waals surface area (Å²) < 4.78 is 58.3. The van der Waals surface area contributed by atoms with Crippen LogP contribution in [0.4, 0.5) is 63.6 Å². The zero-order chi connectivity index (χ0) is 88.3. The lowest BCUT2D eigenvalue weighted by atomic mass is 10.1. The van der Waals surface area contributed by atoms with Gasteiger partial charge in [-0.1, -0.05) is 70.7 Å². The fraction of sp³-hybridized carbons (Fsp3) is 0.143. The van der Waals surface area contributed by atoms with Crippen molar-refractivity contribution in [2.45, 2.75) is 32.1 Å². The van der Waals surface area contributed by atoms with Crippen LogP contribution in [0.25, 0.3) is 0 Å². The molecule has 13 N–H and O–H groups in total. The summed E-state index contributed by atoms with van der Waals surface area (Å²) in [7, 11) is 1.88. The fourth-order valence-electron chi connectivity index (χ4n) is 12.2. The molecule has 3 aliphatic heterocycles. The second-order valence-electron chi connectivity index (χ2n) is 27.0. The van der Waals surface area contributed by atoms with Crippen LogP contribution in [0.3, 0.4) is 0 Å². The average Bonchev–Trinajstić information content (AvgIpc) is 1.63. The molecule has 12 aromatic rings. The Morgan fingerprint density at radius 2 is 0.653 bits per heavy atom. The number of nitrogen functional groups attached to an aromatic ring is 1. The number of piperidine rings is 1. The minimum Gasteiger partial charge on any atom is -0.384 e. The molecule has 0 bridgehead atoms. The molecule has 28 nitrogen and oxygen atoms in total. The molecular formula is C84H70Cl4F4N20O8S4. The number of nitrogens with zero attached hydrogens (tertiary/aromatic N) is 8. The van der Waals surface area contributed by atoms with Gasteiger partial charge in [0, 0.05) is 86.8 Å². The van der Waals surface area contributed by atoms with Crippen molar-refractivity contribution in [2.75, 3.05) is 88.9 Å². The van der Waals surface area contributed by atoms with Gasteiger partial charge in [-0.3, -0.25) is 59.6 Å². The van der Waals surface area contributed by atoms with Crippen molar-refractivity contribution in [1.29, 1.82) is 16.2 Å².